The first-order valence-electron chi connectivity index (χ1n) is 7.83. The number of benzene rings is 1. The van der Waals surface area contributed by atoms with E-state index in [4.69, 9.17) is 18.7 Å². The van der Waals surface area contributed by atoms with E-state index in [0.29, 0.717) is 53.8 Å². The van der Waals surface area contributed by atoms with E-state index in [1.54, 1.807) is 52.5 Å². The lowest BCUT2D eigenvalue weighted by Crippen LogP contribution is -2.21. The van der Waals surface area contributed by atoms with E-state index >= 15 is 0 Å². The molecule has 8 nitrogen and oxygen atoms in total. The number of carbonyl (C=O) groups is 1. The van der Waals surface area contributed by atoms with Crippen LogP contribution in [0.2, 0.25) is 0 Å². The molecule has 0 aliphatic carbocycles. The van der Waals surface area contributed by atoms with Gasteiger partial charge in [-0.2, -0.15) is 4.98 Å². The first kappa shape index (κ1) is 18.6. The third-order valence-electron chi connectivity index (χ3n) is 3.67. The molecule has 25 heavy (non-hydrogen) atoms. The van der Waals surface area contributed by atoms with Gasteiger partial charge in [-0.05, 0) is 18.6 Å². The summed E-state index contributed by atoms with van der Waals surface area (Å²) in [7, 11) is 8.10. The topological polar surface area (TPSA) is 86.9 Å². The lowest BCUT2D eigenvalue weighted by molar-refractivity contribution is -0.128. The van der Waals surface area contributed by atoms with Crippen molar-refractivity contribution in [1.82, 2.24) is 15.0 Å². The molecule has 1 heterocycles. The second-order valence-corrected chi connectivity index (χ2v) is 5.57. The minimum absolute atomic E-state index is 0.0735. The van der Waals surface area contributed by atoms with Crippen LogP contribution in [-0.2, 0) is 11.2 Å². The van der Waals surface area contributed by atoms with Crippen molar-refractivity contribution in [3.8, 4) is 28.6 Å². The number of aromatic nitrogens is 2. The number of amides is 1. The summed E-state index contributed by atoms with van der Waals surface area (Å²) in [5.41, 5.74) is 0.689. The lowest BCUT2D eigenvalue weighted by atomic mass is 10.1. The Bertz CT molecular complexity index is 702. The summed E-state index contributed by atoms with van der Waals surface area (Å²) in [6.07, 6.45) is 1.62. The van der Waals surface area contributed by atoms with Gasteiger partial charge in [0.15, 0.2) is 11.5 Å². The number of hydrogen-bond donors (Lipinski definition) is 0. The molecule has 0 fully saturated rings. The van der Waals surface area contributed by atoms with E-state index in [9.17, 15) is 4.79 Å². The Morgan fingerprint density at radius 2 is 1.76 bits per heavy atom. The molecule has 0 aliphatic rings. The Kier molecular flexibility index (Phi) is 6.21. The number of nitrogens with zero attached hydrogens (tertiary/aromatic N) is 3. The zero-order valence-electron chi connectivity index (χ0n) is 15.2. The van der Waals surface area contributed by atoms with Gasteiger partial charge in [0.05, 0.1) is 21.3 Å². The fourth-order valence-electron chi connectivity index (χ4n) is 2.30. The summed E-state index contributed by atoms with van der Waals surface area (Å²) in [5, 5.41) is 3.99. The van der Waals surface area contributed by atoms with Gasteiger partial charge < -0.3 is 23.6 Å². The highest BCUT2D eigenvalue weighted by atomic mass is 16.5. The van der Waals surface area contributed by atoms with Gasteiger partial charge in [-0.15, -0.1) is 0 Å². The number of hydrogen-bond acceptors (Lipinski definition) is 7. The second-order valence-electron chi connectivity index (χ2n) is 5.57. The maximum absolute atomic E-state index is 11.6. The highest BCUT2D eigenvalue weighted by Crippen LogP contribution is 2.40. The number of rotatable bonds is 8. The zero-order chi connectivity index (χ0) is 18.4. The quantitative estimate of drug-likeness (QED) is 0.722. The van der Waals surface area contributed by atoms with E-state index in [-0.39, 0.29) is 5.91 Å². The van der Waals surface area contributed by atoms with Crippen LogP contribution in [0.15, 0.2) is 16.7 Å². The molecule has 0 saturated heterocycles. The van der Waals surface area contributed by atoms with Crippen LogP contribution in [0, 0.1) is 0 Å². The van der Waals surface area contributed by atoms with Crippen molar-refractivity contribution in [2.45, 2.75) is 19.3 Å². The van der Waals surface area contributed by atoms with Crippen LogP contribution in [0.5, 0.6) is 17.2 Å². The van der Waals surface area contributed by atoms with Crippen molar-refractivity contribution in [2.24, 2.45) is 0 Å². The summed E-state index contributed by atoms with van der Waals surface area (Å²) < 4.78 is 21.2. The highest BCUT2D eigenvalue weighted by Gasteiger charge is 2.17. The van der Waals surface area contributed by atoms with Gasteiger partial charge in [-0.25, -0.2) is 0 Å². The molecule has 0 aliphatic heterocycles. The number of ether oxygens (including phenoxy) is 3. The molecule has 1 aromatic heterocycles. The molecule has 1 aromatic carbocycles. The van der Waals surface area contributed by atoms with Crippen molar-refractivity contribution in [3.63, 3.8) is 0 Å². The van der Waals surface area contributed by atoms with Crippen molar-refractivity contribution in [2.75, 3.05) is 35.4 Å². The van der Waals surface area contributed by atoms with E-state index in [1.807, 2.05) is 0 Å². The highest BCUT2D eigenvalue weighted by molar-refractivity contribution is 5.75. The molecule has 0 N–H and O–H groups in total. The predicted molar refractivity (Wildman–Crippen MR) is 91.0 cm³/mol. The van der Waals surface area contributed by atoms with Crippen LogP contribution in [0.1, 0.15) is 18.7 Å². The first-order valence-corrected chi connectivity index (χ1v) is 7.83. The number of carbonyl (C=O) groups excluding carboxylic acids is 1. The largest absolute Gasteiger partial charge is 0.493 e. The smallest absolute Gasteiger partial charge is 0.226 e. The Morgan fingerprint density at radius 3 is 2.28 bits per heavy atom. The van der Waals surface area contributed by atoms with Crippen LogP contribution < -0.4 is 14.2 Å². The van der Waals surface area contributed by atoms with Crippen LogP contribution in [0.3, 0.4) is 0 Å². The molecule has 1 amide bonds. The minimum atomic E-state index is 0.0735. The van der Waals surface area contributed by atoms with Crippen LogP contribution in [0.25, 0.3) is 11.4 Å². The van der Waals surface area contributed by atoms with Gasteiger partial charge in [0.25, 0.3) is 0 Å². The minimum Gasteiger partial charge on any atom is -0.493 e. The van der Waals surface area contributed by atoms with Gasteiger partial charge >= 0.3 is 0 Å². The monoisotopic (exact) mass is 349 g/mol. The van der Waals surface area contributed by atoms with Gasteiger partial charge in [0.1, 0.15) is 0 Å². The molecule has 2 rings (SSSR count). The maximum Gasteiger partial charge on any atom is 0.226 e. The van der Waals surface area contributed by atoms with E-state index in [0.717, 1.165) is 0 Å². The third kappa shape index (κ3) is 4.40. The molecule has 2 aromatic rings. The van der Waals surface area contributed by atoms with E-state index in [1.165, 1.54) is 0 Å². The fraction of sp³-hybridized carbons (Fsp3) is 0.471. The average molecular weight is 349 g/mol. The van der Waals surface area contributed by atoms with Gasteiger partial charge in [0, 0.05) is 32.5 Å². The molecule has 136 valence electrons. The molecule has 0 spiro atoms. The molecule has 0 radical (unpaired) electrons. The van der Waals surface area contributed by atoms with Crippen molar-refractivity contribution >= 4 is 5.91 Å². The first-order chi connectivity index (χ1) is 12.0. The van der Waals surface area contributed by atoms with Crippen molar-refractivity contribution in [1.29, 1.82) is 0 Å². The summed E-state index contributed by atoms with van der Waals surface area (Å²) in [5.74, 6) is 2.51. The Morgan fingerprint density at radius 1 is 1.12 bits per heavy atom. The van der Waals surface area contributed by atoms with Gasteiger partial charge in [-0.3, -0.25) is 4.79 Å². The van der Waals surface area contributed by atoms with Crippen LogP contribution in [-0.4, -0.2) is 56.4 Å². The lowest BCUT2D eigenvalue weighted by Gasteiger charge is -2.12. The Labute approximate surface area is 146 Å². The molecule has 0 saturated carbocycles. The second kappa shape index (κ2) is 8.36. The summed E-state index contributed by atoms with van der Waals surface area (Å²) >= 11 is 0. The fourth-order valence-corrected chi connectivity index (χ4v) is 2.30. The van der Waals surface area contributed by atoms with Gasteiger partial charge in [-0.1, -0.05) is 5.16 Å². The number of aryl methyl sites for hydroxylation is 1. The third-order valence-corrected chi connectivity index (χ3v) is 3.67. The average Bonchev–Trinajstić information content (AvgIpc) is 3.08. The normalized spacial score (nSPS) is 10.4. The maximum atomic E-state index is 11.6. The summed E-state index contributed by atoms with van der Waals surface area (Å²) in [6, 6.07) is 3.51. The van der Waals surface area contributed by atoms with Gasteiger partial charge in [0.2, 0.25) is 23.4 Å². The molecular weight excluding hydrogens is 326 g/mol. The van der Waals surface area contributed by atoms with E-state index < -0.39 is 0 Å². The van der Waals surface area contributed by atoms with Crippen LogP contribution >= 0.6 is 0 Å². The molecule has 0 bridgehead atoms. The summed E-state index contributed by atoms with van der Waals surface area (Å²) in [6.45, 7) is 0. The Hall–Kier alpha value is -2.77. The Balaban J connectivity index is 2.15. The molecular formula is C17H23N3O5. The standard InChI is InChI=1S/C17H23N3O5/c1-20(2)15(21)8-6-7-14-18-17(19-25-14)11-9-12(22-3)16(24-5)13(10-11)23-4/h9-10H,6-8H2,1-5H3. The van der Waals surface area contributed by atoms with Crippen molar-refractivity contribution < 1.29 is 23.5 Å². The number of methoxy groups -OCH3 is 3. The SMILES string of the molecule is COc1cc(-c2noc(CCCC(=O)N(C)C)n2)cc(OC)c1OC. The molecule has 8 heteroatoms. The molecule has 0 atom stereocenters. The predicted octanol–water partition coefficient (Wildman–Crippen LogP) is 2.17. The zero-order valence-corrected chi connectivity index (χ0v) is 15.2. The van der Waals surface area contributed by atoms with Crippen LogP contribution in [0.4, 0.5) is 0 Å². The molecule has 0 unspecified atom stereocenters. The summed E-state index contributed by atoms with van der Waals surface area (Å²) in [4.78, 5) is 17.5. The van der Waals surface area contributed by atoms with Crippen molar-refractivity contribution in [3.05, 3.63) is 18.0 Å². The van der Waals surface area contributed by atoms with E-state index in [2.05, 4.69) is 10.1 Å².